The van der Waals surface area contributed by atoms with Gasteiger partial charge in [-0.3, -0.25) is 4.90 Å². The highest BCUT2D eigenvalue weighted by Gasteiger charge is 2.24. The van der Waals surface area contributed by atoms with Crippen molar-refractivity contribution in [2.24, 2.45) is 0 Å². The molecule has 5 nitrogen and oxygen atoms in total. The van der Waals surface area contributed by atoms with Crippen LogP contribution in [0, 0.1) is 0 Å². The van der Waals surface area contributed by atoms with Crippen LogP contribution in [0.3, 0.4) is 0 Å². The Morgan fingerprint density at radius 1 is 1.00 bits per heavy atom. The van der Waals surface area contributed by atoms with Crippen molar-refractivity contribution >= 4 is 45.1 Å². The maximum absolute atomic E-state index is 6.46. The zero-order chi connectivity index (χ0) is 21.3. The molecule has 0 spiro atoms. The molecule has 0 unspecified atom stereocenters. The molecule has 2 aromatic heterocycles. The number of aryl methyl sites for hydroxylation is 2. The van der Waals surface area contributed by atoms with Gasteiger partial charge < -0.3 is 9.47 Å². The van der Waals surface area contributed by atoms with Gasteiger partial charge in [0, 0.05) is 29.5 Å². The molecule has 6 rings (SSSR count). The molecule has 3 aromatic rings. The molecule has 2 fully saturated rings. The second-order valence-electron chi connectivity index (χ2n) is 8.47. The summed E-state index contributed by atoms with van der Waals surface area (Å²) in [6, 6.07) is 8.62. The quantitative estimate of drug-likeness (QED) is 0.461. The first-order valence-electron chi connectivity index (χ1n) is 11.5. The molecule has 4 heterocycles. The summed E-state index contributed by atoms with van der Waals surface area (Å²) in [6.07, 6.45) is 4.76. The highest BCUT2D eigenvalue weighted by atomic mass is 32.2. The van der Waals surface area contributed by atoms with Gasteiger partial charge in [0.05, 0.1) is 29.7 Å². The van der Waals surface area contributed by atoms with E-state index in [0.717, 1.165) is 73.4 Å². The summed E-state index contributed by atoms with van der Waals surface area (Å²) < 4.78 is 12.5. The van der Waals surface area contributed by atoms with Crippen LogP contribution >= 0.6 is 34.9 Å². The monoisotopic (exact) mass is 485 g/mol. The lowest BCUT2D eigenvalue weighted by Gasteiger charge is -2.25. The first-order chi connectivity index (χ1) is 15.8. The van der Waals surface area contributed by atoms with E-state index in [0.29, 0.717) is 4.58 Å². The standard InChI is InChI=1S/C24H27N3O2S3/c1-2-4-19-18(3-1)21-22(29-17-7-5-16(6-8-17)24-30-13-14-31-24)25-20(26-23(21)32-19)15-27-9-11-28-12-10-27/h5-8,24H,1-4,9-15H2. The summed E-state index contributed by atoms with van der Waals surface area (Å²) >= 11 is 5.90. The van der Waals surface area contributed by atoms with Crippen LogP contribution < -0.4 is 4.74 Å². The Hall–Kier alpha value is -1.32. The fourth-order valence-electron chi connectivity index (χ4n) is 4.63. The third kappa shape index (κ3) is 4.40. The highest BCUT2D eigenvalue weighted by Crippen LogP contribution is 2.46. The molecule has 3 aliphatic rings. The van der Waals surface area contributed by atoms with E-state index in [4.69, 9.17) is 19.4 Å². The Labute approximate surface area is 201 Å². The first-order valence-corrected chi connectivity index (χ1v) is 14.4. The average Bonchev–Trinajstić information content (AvgIpc) is 3.48. The van der Waals surface area contributed by atoms with Gasteiger partial charge in [-0.25, -0.2) is 4.98 Å². The Balaban J connectivity index is 1.33. The average molecular weight is 486 g/mol. The van der Waals surface area contributed by atoms with E-state index in [2.05, 4.69) is 29.2 Å². The van der Waals surface area contributed by atoms with Crippen molar-refractivity contribution in [2.45, 2.75) is 36.8 Å². The Morgan fingerprint density at radius 3 is 2.59 bits per heavy atom. The number of benzene rings is 1. The van der Waals surface area contributed by atoms with Crippen molar-refractivity contribution in [3.63, 3.8) is 0 Å². The largest absolute Gasteiger partial charge is 0.438 e. The molecule has 0 N–H and O–H groups in total. The number of fused-ring (bicyclic) bond motifs is 3. The highest BCUT2D eigenvalue weighted by molar-refractivity contribution is 8.19. The van der Waals surface area contributed by atoms with Gasteiger partial charge in [-0.1, -0.05) is 12.1 Å². The van der Waals surface area contributed by atoms with Gasteiger partial charge in [-0.05, 0) is 48.9 Å². The number of nitrogens with zero attached hydrogens (tertiary/aromatic N) is 3. The van der Waals surface area contributed by atoms with Gasteiger partial charge in [0.25, 0.3) is 0 Å². The molecular weight excluding hydrogens is 458 g/mol. The summed E-state index contributed by atoms with van der Waals surface area (Å²) in [5.74, 6) is 4.91. The van der Waals surface area contributed by atoms with Crippen LogP contribution in [-0.2, 0) is 24.1 Å². The zero-order valence-corrected chi connectivity index (χ0v) is 20.5. The first kappa shape index (κ1) is 21.2. The lowest BCUT2D eigenvalue weighted by molar-refractivity contribution is 0.0330. The van der Waals surface area contributed by atoms with Gasteiger partial charge >= 0.3 is 0 Å². The Bertz CT molecular complexity index is 1090. The van der Waals surface area contributed by atoms with Crippen LogP contribution in [0.4, 0.5) is 0 Å². The summed E-state index contributed by atoms with van der Waals surface area (Å²) in [7, 11) is 0. The normalized spacial score (nSPS) is 20.0. The van der Waals surface area contributed by atoms with Crippen LogP contribution in [-0.4, -0.2) is 52.7 Å². The summed E-state index contributed by atoms with van der Waals surface area (Å²) in [5.41, 5.74) is 2.79. The van der Waals surface area contributed by atoms with Crippen LogP contribution in [0.15, 0.2) is 24.3 Å². The second-order valence-corrected chi connectivity index (χ2v) is 12.3. The van der Waals surface area contributed by atoms with Gasteiger partial charge in [-0.2, -0.15) is 4.98 Å². The molecule has 0 amide bonds. The lowest BCUT2D eigenvalue weighted by atomic mass is 9.97. The van der Waals surface area contributed by atoms with Crippen molar-refractivity contribution in [3.8, 4) is 11.6 Å². The number of aromatic nitrogens is 2. The maximum Gasteiger partial charge on any atom is 0.231 e. The minimum atomic E-state index is 0.554. The van der Waals surface area contributed by atoms with Crippen LogP contribution in [0.2, 0.25) is 0 Å². The van der Waals surface area contributed by atoms with Crippen molar-refractivity contribution in [1.82, 2.24) is 14.9 Å². The fraction of sp³-hybridized carbons (Fsp3) is 0.500. The zero-order valence-electron chi connectivity index (χ0n) is 18.0. The van der Waals surface area contributed by atoms with E-state index in [-0.39, 0.29) is 0 Å². The fourth-order valence-corrected chi connectivity index (χ4v) is 8.76. The van der Waals surface area contributed by atoms with Crippen molar-refractivity contribution in [2.75, 3.05) is 37.8 Å². The lowest BCUT2D eigenvalue weighted by Crippen LogP contribution is -2.36. The molecule has 0 radical (unpaired) electrons. The smallest absolute Gasteiger partial charge is 0.231 e. The molecule has 2 aliphatic heterocycles. The number of rotatable bonds is 5. The second kappa shape index (κ2) is 9.50. The van der Waals surface area contributed by atoms with Crippen molar-refractivity contribution < 1.29 is 9.47 Å². The van der Waals surface area contributed by atoms with Crippen LogP contribution in [0.25, 0.3) is 10.2 Å². The van der Waals surface area contributed by atoms with Crippen molar-refractivity contribution in [1.29, 1.82) is 0 Å². The van der Waals surface area contributed by atoms with Gasteiger partial charge in [0.1, 0.15) is 16.4 Å². The van der Waals surface area contributed by atoms with Gasteiger partial charge in [0.15, 0.2) is 0 Å². The molecular formula is C24H27N3O2S3. The predicted molar refractivity (Wildman–Crippen MR) is 134 cm³/mol. The van der Waals surface area contributed by atoms with Gasteiger partial charge in [-0.15, -0.1) is 34.9 Å². The molecule has 2 saturated heterocycles. The Kier molecular flexibility index (Phi) is 6.31. The molecule has 32 heavy (non-hydrogen) atoms. The molecule has 0 saturated carbocycles. The number of ether oxygens (including phenoxy) is 2. The predicted octanol–water partition coefficient (Wildman–Crippen LogP) is 5.67. The summed E-state index contributed by atoms with van der Waals surface area (Å²) in [4.78, 5) is 14.9. The van der Waals surface area contributed by atoms with E-state index < -0.39 is 0 Å². The van der Waals surface area contributed by atoms with Crippen LogP contribution in [0.5, 0.6) is 11.6 Å². The van der Waals surface area contributed by atoms with Crippen molar-refractivity contribution in [3.05, 3.63) is 46.1 Å². The van der Waals surface area contributed by atoms with E-state index in [1.54, 1.807) is 0 Å². The van der Waals surface area contributed by atoms with E-state index in [9.17, 15) is 0 Å². The minimum absolute atomic E-state index is 0.554. The van der Waals surface area contributed by atoms with Gasteiger partial charge in [0.2, 0.25) is 5.88 Å². The van der Waals surface area contributed by atoms with Crippen LogP contribution in [0.1, 0.15) is 39.3 Å². The summed E-state index contributed by atoms with van der Waals surface area (Å²) in [5, 5.41) is 1.14. The molecule has 1 aliphatic carbocycles. The van der Waals surface area contributed by atoms with E-state index in [1.165, 1.54) is 40.4 Å². The molecule has 168 valence electrons. The molecule has 0 atom stereocenters. The number of thiophene rings is 1. The molecule has 8 heteroatoms. The SMILES string of the molecule is c1cc(C2SCCS2)ccc1Oc1nc(CN2CCOCC2)nc2sc3c(c12)CCCC3. The molecule has 0 bridgehead atoms. The minimum Gasteiger partial charge on any atom is -0.438 e. The number of hydrogen-bond donors (Lipinski definition) is 0. The van der Waals surface area contributed by atoms with E-state index >= 15 is 0 Å². The maximum atomic E-state index is 6.46. The van der Waals surface area contributed by atoms with E-state index in [1.807, 2.05) is 34.9 Å². The number of hydrogen-bond acceptors (Lipinski definition) is 8. The third-order valence-electron chi connectivity index (χ3n) is 6.29. The topological polar surface area (TPSA) is 47.5 Å². The molecule has 1 aromatic carbocycles. The number of morpholine rings is 1. The number of thioether (sulfide) groups is 2. The Morgan fingerprint density at radius 2 is 1.78 bits per heavy atom. The third-order valence-corrected chi connectivity index (χ3v) is 10.6. The summed E-state index contributed by atoms with van der Waals surface area (Å²) in [6.45, 7) is 4.16.